The fourth-order valence-electron chi connectivity index (χ4n) is 2.34. The van der Waals surface area contributed by atoms with Gasteiger partial charge in [0.1, 0.15) is 12.7 Å². The first kappa shape index (κ1) is 16.6. The molecular weight excluding hydrogens is 320 g/mol. The standard InChI is InChI=1S/C17H18N6O2/c24-16(8-6-14-4-2-1-3-5-14)19-10-11-22-17(25)9-7-15(21-22)23-13-18-12-20-23/h1-5,7,9,12-13H,6,8,10-11H2,(H,19,24). The smallest absolute Gasteiger partial charge is 0.266 e. The number of nitrogens with one attached hydrogen (secondary N) is 1. The Morgan fingerprint density at radius 3 is 2.72 bits per heavy atom. The van der Waals surface area contributed by atoms with E-state index >= 15 is 0 Å². The fourth-order valence-corrected chi connectivity index (χ4v) is 2.34. The summed E-state index contributed by atoms with van der Waals surface area (Å²) in [6.07, 6.45) is 3.99. The van der Waals surface area contributed by atoms with Crippen molar-refractivity contribution in [1.29, 1.82) is 0 Å². The number of aromatic nitrogens is 5. The highest BCUT2D eigenvalue weighted by molar-refractivity contribution is 5.76. The molecule has 0 aliphatic carbocycles. The zero-order chi connectivity index (χ0) is 17.5. The molecule has 25 heavy (non-hydrogen) atoms. The van der Waals surface area contributed by atoms with Crippen LogP contribution in [0.15, 0.2) is 59.9 Å². The number of hydrogen-bond donors (Lipinski definition) is 1. The maximum Gasteiger partial charge on any atom is 0.266 e. The highest BCUT2D eigenvalue weighted by Gasteiger charge is 2.05. The third-order valence-corrected chi connectivity index (χ3v) is 3.64. The van der Waals surface area contributed by atoms with E-state index in [1.165, 1.54) is 28.1 Å². The molecule has 1 aromatic carbocycles. The lowest BCUT2D eigenvalue weighted by Crippen LogP contribution is -2.32. The van der Waals surface area contributed by atoms with Crippen LogP contribution in [0.25, 0.3) is 5.82 Å². The van der Waals surface area contributed by atoms with E-state index in [4.69, 9.17) is 0 Å². The van der Waals surface area contributed by atoms with Crippen LogP contribution >= 0.6 is 0 Å². The topological polar surface area (TPSA) is 94.7 Å². The van der Waals surface area contributed by atoms with Crippen molar-refractivity contribution in [3.05, 3.63) is 71.0 Å². The minimum atomic E-state index is -0.234. The molecule has 3 aromatic rings. The second kappa shape index (κ2) is 8.00. The monoisotopic (exact) mass is 338 g/mol. The molecule has 0 aliphatic rings. The first-order valence-corrected chi connectivity index (χ1v) is 7.96. The molecule has 1 N–H and O–H groups in total. The van der Waals surface area contributed by atoms with Crippen molar-refractivity contribution in [2.45, 2.75) is 19.4 Å². The molecule has 0 saturated carbocycles. The number of benzene rings is 1. The van der Waals surface area contributed by atoms with E-state index in [9.17, 15) is 9.59 Å². The van der Waals surface area contributed by atoms with Crippen LogP contribution in [0.1, 0.15) is 12.0 Å². The van der Waals surface area contributed by atoms with Gasteiger partial charge in [-0.2, -0.15) is 5.10 Å². The Kier molecular flexibility index (Phi) is 5.30. The molecule has 0 fully saturated rings. The normalized spacial score (nSPS) is 10.6. The van der Waals surface area contributed by atoms with Gasteiger partial charge >= 0.3 is 0 Å². The molecule has 8 heteroatoms. The zero-order valence-electron chi connectivity index (χ0n) is 13.6. The number of carbonyl (C=O) groups is 1. The number of carbonyl (C=O) groups excluding carboxylic acids is 1. The molecule has 2 heterocycles. The quantitative estimate of drug-likeness (QED) is 0.680. The molecule has 0 unspecified atom stereocenters. The Hall–Kier alpha value is -3.29. The molecule has 8 nitrogen and oxygen atoms in total. The lowest BCUT2D eigenvalue weighted by atomic mass is 10.1. The zero-order valence-corrected chi connectivity index (χ0v) is 13.6. The number of hydrogen-bond acceptors (Lipinski definition) is 5. The summed E-state index contributed by atoms with van der Waals surface area (Å²) in [5, 5.41) is 11.0. The van der Waals surface area contributed by atoms with E-state index in [0.717, 1.165) is 5.56 Å². The summed E-state index contributed by atoms with van der Waals surface area (Å²) in [5.41, 5.74) is 0.887. The first-order valence-electron chi connectivity index (χ1n) is 7.96. The Morgan fingerprint density at radius 2 is 1.96 bits per heavy atom. The van der Waals surface area contributed by atoms with Gasteiger partial charge in [-0.15, -0.1) is 5.10 Å². The molecule has 0 bridgehead atoms. The van der Waals surface area contributed by atoms with Crippen LogP contribution in [0.5, 0.6) is 0 Å². The van der Waals surface area contributed by atoms with E-state index < -0.39 is 0 Å². The molecule has 128 valence electrons. The van der Waals surface area contributed by atoms with Crippen molar-refractivity contribution >= 4 is 5.91 Å². The van der Waals surface area contributed by atoms with Crippen LogP contribution in [-0.2, 0) is 17.8 Å². The fraction of sp³-hybridized carbons (Fsp3) is 0.235. The average Bonchev–Trinajstić information content (AvgIpc) is 3.17. The Bertz CT molecular complexity index is 874. The van der Waals surface area contributed by atoms with Crippen molar-refractivity contribution in [3.63, 3.8) is 0 Å². The highest BCUT2D eigenvalue weighted by atomic mass is 16.1. The summed E-state index contributed by atoms with van der Waals surface area (Å²) >= 11 is 0. The van der Waals surface area contributed by atoms with Crippen LogP contribution in [0.4, 0.5) is 0 Å². The minimum Gasteiger partial charge on any atom is -0.354 e. The van der Waals surface area contributed by atoms with E-state index in [-0.39, 0.29) is 11.5 Å². The second-order valence-electron chi connectivity index (χ2n) is 5.43. The summed E-state index contributed by atoms with van der Waals surface area (Å²) in [5.74, 6) is 0.442. The molecule has 0 aliphatic heterocycles. The van der Waals surface area contributed by atoms with Gasteiger partial charge in [0.05, 0.1) is 6.54 Å². The van der Waals surface area contributed by atoms with Gasteiger partial charge in [0, 0.05) is 19.0 Å². The number of amides is 1. The van der Waals surface area contributed by atoms with Gasteiger partial charge in [-0.05, 0) is 18.1 Å². The predicted molar refractivity (Wildman–Crippen MR) is 91.2 cm³/mol. The number of nitrogens with zero attached hydrogens (tertiary/aromatic N) is 5. The lowest BCUT2D eigenvalue weighted by Gasteiger charge is -2.08. The Morgan fingerprint density at radius 1 is 1.12 bits per heavy atom. The van der Waals surface area contributed by atoms with E-state index in [1.807, 2.05) is 30.3 Å². The van der Waals surface area contributed by atoms with E-state index in [1.54, 1.807) is 6.07 Å². The van der Waals surface area contributed by atoms with Gasteiger partial charge in [-0.3, -0.25) is 9.59 Å². The summed E-state index contributed by atoms with van der Waals surface area (Å²) in [6, 6.07) is 12.8. The lowest BCUT2D eigenvalue weighted by molar-refractivity contribution is -0.121. The average molecular weight is 338 g/mol. The molecule has 0 atom stereocenters. The maximum atomic E-state index is 11.9. The molecule has 3 rings (SSSR count). The largest absolute Gasteiger partial charge is 0.354 e. The van der Waals surface area contributed by atoms with Gasteiger partial charge in [0.15, 0.2) is 5.82 Å². The van der Waals surface area contributed by atoms with E-state index in [0.29, 0.717) is 31.7 Å². The molecule has 0 saturated heterocycles. The summed E-state index contributed by atoms with van der Waals surface area (Å²) in [6.45, 7) is 0.625. The summed E-state index contributed by atoms with van der Waals surface area (Å²) in [7, 11) is 0. The molecule has 0 spiro atoms. The second-order valence-corrected chi connectivity index (χ2v) is 5.43. The number of aryl methyl sites for hydroxylation is 1. The molecule has 1 amide bonds. The third kappa shape index (κ3) is 4.60. The van der Waals surface area contributed by atoms with Gasteiger partial charge in [-0.1, -0.05) is 30.3 Å². The van der Waals surface area contributed by atoms with Crippen molar-refractivity contribution in [3.8, 4) is 5.82 Å². The molecular formula is C17H18N6O2. The summed E-state index contributed by atoms with van der Waals surface area (Å²) < 4.78 is 2.77. The molecule has 2 aromatic heterocycles. The predicted octanol–water partition coefficient (Wildman–Crippen LogP) is 0.573. The van der Waals surface area contributed by atoms with Crippen LogP contribution in [-0.4, -0.2) is 37.0 Å². The number of rotatable bonds is 7. The Labute approximate surface area is 144 Å². The SMILES string of the molecule is O=C(CCc1ccccc1)NCCn1nc(-n2cncn2)ccc1=O. The first-order chi connectivity index (χ1) is 12.2. The Balaban J connectivity index is 1.51. The van der Waals surface area contributed by atoms with Gasteiger partial charge in [-0.25, -0.2) is 14.3 Å². The summed E-state index contributed by atoms with van der Waals surface area (Å²) in [4.78, 5) is 27.6. The molecule has 0 radical (unpaired) electrons. The van der Waals surface area contributed by atoms with Crippen LogP contribution < -0.4 is 10.9 Å². The van der Waals surface area contributed by atoms with Crippen LogP contribution in [0, 0.1) is 0 Å². The van der Waals surface area contributed by atoms with E-state index in [2.05, 4.69) is 20.5 Å². The maximum absolute atomic E-state index is 11.9. The minimum absolute atomic E-state index is 0.0515. The van der Waals surface area contributed by atoms with Crippen molar-refractivity contribution in [1.82, 2.24) is 29.9 Å². The van der Waals surface area contributed by atoms with Gasteiger partial charge in [0.25, 0.3) is 5.56 Å². The van der Waals surface area contributed by atoms with Gasteiger partial charge < -0.3 is 5.32 Å². The van der Waals surface area contributed by atoms with Crippen molar-refractivity contribution < 1.29 is 4.79 Å². The van der Waals surface area contributed by atoms with Crippen molar-refractivity contribution in [2.24, 2.45) is 0 Å². The van der Waals surface area contributed by atoms with Crippen LogP contribution in [0.3, 0.4) is 0 Å². The van der Waals surface area contributed by atoms with Crippen LogP contribution in [0.2, 0.25) is 0 Å². The third-order valence-electron chi connectivity index (χ3n) is 3.64. The highest BCUT2D eigenvalue weighted by Crippen LogP contribution is 2.02. The van der Waals surface area contributed by atoms with Crippen molar-refractivity contribution in [2.75, 3.05) is 6.54 Å². The van der Waals surface area contributed by atoms with Gasteiger partial charge in [0.2, 0.25) is 5.91 Å².